The lowest BCUT2D eigenvalue weighted by atomic mass is 9.99. The predicted octanol–water partition coefficient (Wildman–Crippen LogP) is 3.54. The standard InChI is InChI=1S/C21H15N3O4/c1-11-3-4-15-14(9-11)19(25)17-18(13-5-7-22-8-6-13)24(21(26)20(17)27-15)16-10-12(2)28-23-16/h3-10,18H,1-2H3/t18-/m1/s1. The third-order valence-electron chi connectivity index (χ3n) is 4.91. The molecule has 0 fully saturated rings. The van der Waals surface area contributed by atoms with Crippen LogP contribution in [0.25, 0.3) is 11.0 Å². The molecule has 0 radical (unpaired) electrons. The first-order valence-electron chi connectivity index (χ1n) is 8.79. The minimum atomic E-state index is -0.670. The summed E-state index contributed by atoms with van der Waals surface area (Å²) in [7, 11) is 0. The molecule has 1 aromatic carbocycles. The van der Waals surface area contributed by atoms with Gasteiger partial charge in [-0.1, -0.05) is 16.8 Å². The van der Waals surface area contributed by atoms with Crippen LogP contribution in [-0.2, 0) is 0 Å². The summed E-state index contributed by atoms with van der Waals surface area (Å²) in [6.45, 7) is 3.65. The molecule has 28 heavy (non-hydrogen) atoms. The molecule has 0 spiro atoms. The summed E-state index contributed by atoms with van der Waals surface area (Å²) < 4.78 is 11.1. The zero-order valence-corrected chi connectivity index (χ0v) is 15.2. The van der Waals surface area contributed by atoms with Gasteiger partial charge in [0.25, 0.3) is 5.91 Å². The number of hydrogen-bond donors (Lipinski definition) is 0. The Bertz CT molecular complexity index is 1290. The lowest BCUT2D eigenvalue weighted by molar-refractivity contribution is 0.0969. The largest absolute Gasteiger partial charge is 0.450 e. The van der Waals surface area contributed by atoms with Crippen molar-refractivity contribution in [2.24, 2.45) is 0 Å². The number of carbonyl (C=O) groups excluding carboxylic acids is 1. The van der Waals surface area contributed by atoms with Crippen LogP contribution in [0, 0.1) is 13.8 Å². The van der Waals surface area contributed by atoms with E-state index in [0.29, 0.717) is 28.1 Å². The smallest absolute Gasteiger partial charge is 0.296 e. The maximum atomic E-state index is 13.4. The summed E-state index contributed by atoms with van der Waals surface area (Å²) in [5.41, 5.74) is 2.14. The number of nitrogens with zero attached hydrogens (tertiary/aromatic N) is 3. The molecule has 5 rings (SSSR count). The zero-order chi connectivity index (χ0) is 19.4. The van der Waals surface area contributed by atoms with Crippen LogP contribution in [0.3, 0.4) is 0 Å². The van der Waals surface area contributed by atoms with Crippen LogP contribution in [0.4, 0.5) is 5.82 Å². The lowest BCUT2D eigenvalue weighted by Crippen LogP contribution is -2.29. The molecule has 7 heteroatoms. The highest BCUT2D eigenvalue weighted by atomic mass is 16.5. The molecule has 0 unspecified atom stereocenters. The second-order valence-electron chi connectivity index (χ2n) is 6.83. The quantitative estimate of drug-likeness (QED) is 0.534. The second-order valence-corrected chi connectivity index (χ2v) is 6.83. The van der Waals surface area contributed by atoms with Gasteiger partial charge >= 0.3 is 0 Å². The summed E-state index contributed by atoms with van der Waals surface area (Å²) in [4.78, 5) is 32.1. The van der Waals surface area contributed by atoms with E-state index in [1.807, 2.05) is 13.0 Å². The Hall–Kier alpha value is -3.74. The average molecular weight is 373 g/mol. The number of aromatic nitrogens is 2. The molecule has 0 saturated carbocycles. The molecular formula is C21H15N3O4. The highest BCUT2D eigenvalue weighted by molar-refractivity contribution is 6.10. The van der Waals surface area contributed by atoms with Crippen molar-refractivity contribution >= 4 is 22.7 Å². The van der Waals surface area contributed by atoms with E-state index in [1.54, 1.807) is 49.6 Å². The molecule has 0 N–H and O–H groups in total. The zero-order valence-electron chi connectivity index (χ0n) is 15.2. The number of benzene rings is 1. The Morgan fingerprint density at radius 2 is 1.82 bits per heavy atom. The molecule has 1 aliphatic rings. The van der Waals surface area contributed by atoms with Crippen LogP contribution in [-0.4, -0.2) is 16.0 Å². The first kappa shape index (κ1) is 16.4. The fourth-order valence-electron chi connectivity index (χ4n) is 3.65. The number of hydrogen-bond acceptors (Lipinski definition) is 6. The van der Waals surface area contributed by atoms with Gasteiger partial charge in [-0.05, 0) is 43.7 Å². The minimum absolute atomic E-state index is 0.0313. The third kappa shape index (κ3) is 2.29. The number of aryl methyl sites for hydroxylation is 2. The van der Waals surface area contributed by atoms with Gasteiger partial charge in [0.1, 0.15) is 11.3 Å². The number of rotatable bonds is 2. The van der Waals surface area contributed by atoms with E-state index in [1.165, 1.54) is 4.90 Å². The topological polar surface area (TPSA) is 89.4 Å². The highest BCUT2D eigenvalue weighted by Crippen LogP contribution is 2.40. The van der Waals surface area contributed by atoms with Crippen LogP contribution >= 0.6 is 0 Å². The molecule has 0 saturated heterocycles. The van der Waals surface area contributed by atoms with E-state index in [4.69, 9.17) is 8.94 Å². The van der Waals surface area contributed by atoms with Gasteiger partial charge in [-0.25, -0.2) is 0 Å². The van der Waals surface area contributed by atoms with Crippen LogP contribution in [0.1, 0.15) is 39.0 Å². The number of fused-ring (bicyclic) bond motifs is 2. The van der Waals surface area contributed by atoms with Gasteiger partial charge in [-0.2, -0.15) is 0 Å². The number of carbonyl (C=O) groups is 1. The Balaban J connectivity index is 1.84. The molecule has 0 aliphatic carbocycles. The normalized spacial score (nSPS) is 16.0. The summed E-state index contributed by atoms with van der Waals surface area (Å²) >= 11 is 0. The van der Waals surface area contributed by atoms with Gasteiger partial charge in [0.15, 0.2) is 11.2 Å². The summed E-state index contributed by atoms with van der Waals surface area (Å²) in [6.07, 6.45) is 3.24. The Morgan fingerprint density at radius 1 is 1.04 bits per heavy atom. The van der Waals surface area contributed by atoms with Gasteiger partial charge in [-0.3, -0.25) is 19.5 Å². The summed E-state index contributed by atoms with van der Waals surface area (Å²) in [6, 6.07) is 9.86. The molecule has 1 atom stereocenters. The van der Waals surface area contributed by atoms with Crippen LogP contribution < -0.4 is 10.3 Å². The highest BCUT2D eigenvalue weighted by Gasteiger charge is 2.44. The first-order chi connectivity index (χ1) is 13.5. The molecule has 1 aliphatic heterocycles. The van der Waals surface area contributed by atoms with E-state index in [-0.39, 0.29) is 11.2 Å². The van der Waals surface area contributed by atoms with Gasteiger partial charge in [0.2, 0.25) is 5.76 Å². The van der Waals surface area contributed by atoms with E-state index in [0.717, 1.165) is 11.1 Å². The van der Waals surface area contributed by atoms with Crippen molar-refractivity contribution in [2.75, 3.05) is 4.90 Å². The van der Waals surface area contributed by atoms with E-state index < -0.39 is 11.9 Å². The molecule has 3 aromatic heterocycles. The van der Waals surface area contributed by atoms with Crippen LogP contribution in [0.2, 0.25) is 0 Å². The Kier molecular flexibility index (Phi) is 3.45. The monoisotopic (exact) mass is 373 g/mol. The molecular weight excluding hydrogens is 358 g/mol. The van der Waals surface area contributed by atoms with Gasteiger partial charge < -0.3 is 8.94 Å². The van der Waals surface area contributed by atoms with Gasteiger partial charge in [0.05, 0.1) is 17.0 Å². The van der Waals surface area contributed by atoms with Crippen molar-refractivity contribution in [3.63, 3.8) is 0 Å². The van der Waals surface area contributed by atoms with E-state index in [9.17, 15) is 9.59 Å². The fourth-order valence-corrected chi connectivity index (χ4v) is 3.65. The van der Waals surface area contributed by atoms with Crippen molar-refractivity contribution in [2.45, 2.75) is 19.9 Å². The van der Waals surface area contributed by atoms with Crippen LogP contribution in [0.5, 0.6) is 0 Å². The van der Waals surface area contributed by atoms with Gasteiger partial charge in [-0.15, -0.1) is 0 Å². The molecule has 4 heterocycles. The minimum Gasteiger partial charge on any atom is -0.450 e. The Labute approximate surface area is 159 Å². The van der Waals surface area contributed by atoms with E-state index >= 15 is 0 Å². The molecule has 1 amide bonds. The number of pyridine rings is 1. The Morgan fingerprint density at radius 3 is 2.54 bits per heavy atom. The molecule has 138 valence electrons. The summed E-state index contributed by atoms with van der Waals surface area (Å²) in [5.74, 6) is 0.496. The average Bonchev–Trinajstić information content (AvgIpc) is 3.24. The van der Waals surface area contributed by atoms with Crippen molar-refractivity contribution in [3.8, 4) is 0 Å². The lowest BCUT2D eigenvalue weighted by Gasteiger charge is -2.22. The predicted molar refractivity (Wildman–Crippen MR) is 101 cm³/mol. The summed E-state index contributed by atoms with van der Waals surface area (Å²) in [5, 5.41) is 4.44. The van der Waals surface area contributed by atoms with Crippen molar-refractivity contribution in [3.05, 3.63) is 87.2 Å². The maximum absolute atomic E-state index is 13.4. The molecule has 0 bridgehead atoms. The van der Waals surface area contributed by atoms with Crippen molar-refractivity contribution in [1.82, 2.24) is 10.1 Å². The SMILES string of the molecule is Cc1ccc2oc3c(c(=O)c2c1)[C@@H](c1ccncc1)N(c1cc(C)on1)C3=O. The van der Waals surface area contributed by atoms with Gasteiger partial charge in [0, 0.05) is 18.5 Å². The maximum Gasteiger partial charge on any atom is 0.296 e. The number of anilines is 1. The molecule has 4 aromatic rings. The molecule has 7 nitrogen and oxygen atoms in total. The van der Waals surface area contributed by atoms with Crippen molar-refractivity contribution in [1.29, 1.82) is 0 Å². The first-order valence-corrected chi connectivity index (χ1v) is 8.79. The third-order valence-corrected chi connectivity index (χ3v) is 4.91. The fraction of sp³-hybridized carbons (Fsp3) is 0.143. The van der Waals surface area contributed by atoms with Crippen LogP contribution in [0.15, 0.2) is 62.5 Å². The van der Waals surface area contributed by atoms with E-state index in [2.05, 4.69) is 10.1 Å². The number of amides is 1. The van der Waals surface area contributed by atoms with Crippen molar-refractivity contribution < 1.29 is 13.7 Å². The second kappa shape index (κ2) is 5.88.